The fourth-order valence-corrected chi connectivity index (χ4v) is 2.31. The molecule has 0 bridgehead atoms. The van der Waals surface area contributed by atoms with Gasteiger partial charge in [-0.1, -0.05) is 17.7 Å². The lowest BCUT2D eigenvalue weighted by atomic mass is 10.1. The molecule has 0 spiro atoms. The minimum atomic E-state index is 0.101. The Labute approximate surface area is 130 Å². The lowest BCUT2D eigenvalue weighted by molar-refractivity contribution is 0.395. The zero-order chi connectivity index (χ0) is 15.2. The lowest BCUT2D eigenvalue weighted by Gasteiger charge is -2.18. The van der Waals surface area contributed by atoms with Crippen molar-refractivity contribution >= 4 is 11.6 Å². The van der Waals surface area contributed by atoms with Gasteiger partial charge in [-0.05, 0) is 31.2 Å². The Morgan fingerprint density at radius 1 is 1.19 bits per heavy atom. The second-order valence-electron chi connectivity index (χ2n) is 4.64. The summed E-state index contributed by atoms with van der Waals surface area (Å²) < 4.78 is 10.7. The molecule has 0 fully saturated rings. The van der Waals surface area contributed by atoms with Gasteiger partial charge in [0.05, 0.1) is 19.9 Å². The van der Waals surface area contributed by atoms with Gasteiger partial charge in [0, 0.05) is 29.4 Å². The van der Waals surface area contributed by atoms with E-state index >= 15 is 0 Å². The van der Waals surface area contributed by atoms with E-state index in [1.165, 1.54) is 0 Å². The lowest BCUT2D eigenvalue weighted by Crippen LogP contribution is -2.19. The van der Waals surface area contributed by atoms with Crippen LogP contribution in [-0.2, 0) is 6.54 Å². The topological polar surface area (TPSA) is 43.4 Å². The third-order valence-electron chi connectivity index (χ3n) is 3.31. The molecule has 1 heterocycles. The highest BCUT2D eigenvalue weighted by molar-refractivity contribution is 6.30. The third-order valence-corrected chi connectivity index (χ3v) is 3.54. The Morgan fingerprint density at radius 2 is 1.95 bits per heavy atom. The zero-order valence-corrected chi connectivity index (χ0v) is 13.1. The van der Waals surface area contributed by atoms with Crippen molar-refractivity contribution in [3.63, 3.8) is 0 Å². The van der Waals surface area contributed by atoms with Crippen LogP contribution in [-0.4, -0.2) is 19.2 Å². The van der Waals surface area contributed by atoms with Crippen LogP contribution in [0.2, 0.25) is 5.02 Å². The first-order valence-electron chi connectivity index (χ1n) is 6.70. The number of pyridine rings is 1. The van der Waals surface area contributed by atoms with Crippen molar-refractivity contribution in [2.75, 3.05) is 14.2 Å². The summed E-state index contributed by atoms with van der Waals surface area (Å²) in [4.78, 5) is 4.33. The van der Waals surface area contributed by atoms with E-state index in [0.29, 0.717) is 11.6 Å². The van der Waals surface area contributed by atoms with E-state index < -0.39 is 0 Å². The fraction of sp³-hybridized carbons (Fsp3) is 0.312. The van der Waals surface area contributed by atoms with Crippen molar-refractivity contribution < 1.29 is 9.47 Å². The number of nitrogens with one attached hydrogen (secondary N) is 1. The first-order valence-corrected chi connectivity index (χ1v) is 7.08. The molecule has 21 heavy (non-hydrogen) atoms. The van der Waals surface area contributed by atoms with Gasteiger partial charge in [0.15, 0.2) is 0 Å². The van der Waals surface area contributed by atoms with E-state index in [2.05, 4.69) is 17.2 Å². The van der Waals surface area contributed by atoms with Gasteiger partial charge in [-0.2, -0.15) is 0 Å². The smallest absolute Gasteiger partial charge is 0.141 e. The molecular formula is C16H19ClN2O2. The van der Waals surface area contributed by atoms with Gasteiger partial charge in [-0.3, -0.25) is 4.98 Å². The highest BCUT2D eigenvalue weighted by Crippen LogP contribution is 2.28. The molecule has 0 amide bonds. The number of hydrogen-bond acceptors (Lipinski definition) is 4. The van der Waals surface area contributed by atoms with Crippen LogP contribution in [0.15, 0.2) is 36.5 Å². The normalized spacial score (nSPS) is 12.0. The first-order chi connectivity index (χ1) is 10.2. The maximum absolute atomic E-state index is 5.99. The number of hydrogen-bond donors (Lipinski definition) is 1. The minimum Gasteiger partial charge on any atom is -0.496 e. The first kappa shape index (κ1) is 15.6. The molecule has 0 aliphatic rings. The van der Waals surface area contributed by atoms with Crippen molar-refractivity contribution in [2.24, 2.45) is 0 Å². The largest absolute Gasteiger partial charge is 0.496 e. The van der Waals surface area contributed by atoms with Gasteiger partial charge in [-0.15, -0.1) is 0 Å². The quantitative estimate of drug-likeness (QED) is 0.885. The molecule has 2 aromatic rings. The molecule has 4 nitrogen and oxygen atoms in total. The summed E-state index contributed by atoms with van der Waals surface area (Å²) in [5.74, 6) is 1.55. The van der Waals surface area contributed by atoms with Crippen molar-refractivity contribution in [1.82, 2.24) is 10.3 Å². The summed E-state index contributed by atoms with van der Waals surface area (Å²) >= 11 is 5.99. The minimum absolute atomic E-state index is 0.101. The molecule has 2 rings (SSSR count). The number of rotatable bonds is 6. The van der Waals surface area contributed by atoms with Crippen LogP contribution < -0.4 is 14.8 Å². The van der Waals surface area contributed by atoms with Gasteiger partial charge in [0.2, 0.25) is 0 Å². The van der Waals surface area contributed by atoms with E-state index in [9.17, 15) is 0 Å². The average molecular weight is 307 g/mol. The Morgan fingerprint density at radius 3 is 2.67 bits per heavy atom. The van der Waals surface area contributed by atoms with Crippen LogP contribution in [0.3, 0.4) is 0 Å². The highest BCUT2D eigenvalue weighted by atomic mass is 35.5. The Bertz CT molecular complexity index is 605. The molecular weight excluding hydrogens is 288 g/mol. The van der Waals surface area contributed by atoms with Crippen LogP contribution in [0, 0.1) is 0 Å². The predicted octanol–water partition coefficient (Wildman–Crippen LogP) is 3.60. The average Bonchev–Trinajstić information content (AvgIpc) is 2.52. The Kier molecular flexibility index (Phi) is 5.42. The van der Waals surface area contributed by atoms with Crippen LogP contribution in [0.4, 0.5) is 0 Å². The molecule has 0 saturated heterocycles. The van der Waals surface area contributed by atoms with Crippen molar-refractivity contribution in [2.45, 2.75) is 19.5 Å². The molecule has 0 saturated carbocycles. The molecule has 0 radical (unpaired) electrons. The SMILES string of the molecule is COc1cc(Cl)ccc1C(C)NCc1ncccc1OC. The molecule has 5 heteroatoms. The summed E-state index contributed by atoms with van der Waals surface area (Å²) in [5, 5.41) is 4.08. The zero-order valence-electron chi connectivity index (χ0n) is 12.4. The Hall–Kier alpha value is -1.78. The summed E-state index contributed by atoms with van der Waals surface area (Å²) in [7, 11) is 3.29. The molecule has 112 valence electrons. The monoisotopic (exact) mass is 306 g/mol. The van der Waals surface area contributed by atoms with Gasteiger partial charge in [0.25, 0.3) is 0 Å². The van der Waals surface area contributed by atoms with Crippen LogP contribution in [0.5, 0.6) is 11.5 Å². The van der Waals surface area contributed by atoms with Gasteiger partial charge < -0.3 is 14.8 Å². The molecule has 0 aliphatic carbocycles. The standard InChI is InChI=1S/C16H19ClN2O2/c1-11(13-7-6-12(17)9-16(13)21-3)19-10-14-15(20-2)5-4-8-18-14/h4-9,11,19H,10H2,1-3H3. The summed E-state index contributed by atoms with van der Waals surface area (Å²) in [5.41, 5.74) is 1.93. The fourth-order valence-electron chi connectivity index (χ4n) is 2.14. The number of benzene rings is 1. The second kappa shape index (κ2) is 7.29. The molecule has 1 unspecified atom stereocenters. The molecule has 1 atom stereocenters. The van der Waals surface area contributed by atoms with E-state index in [4.69, 9.17) is 21.1 Å². The molecule has 1 aromatic carbocycles. The van der Waals surface area contributed by atoms with Crippen molar-refractivity contribution in [3.8, 4) is 11.5 Å². The van der Waals surface area contributed by atoms with Crippen LogP contribution >= 0.6 is 11.6 Å². The highest BCUT2D eigenvalue weighted by Gasteiger charge is 2.13. The molecule has 1 N–H and O–H groups in total. The van der Waals surface area contributed by atoms with E-state index in [1.807, 2.05) is 30.3 Å². The van der Waals surface area contributed by atoms with Crippen molar-refractivity contribution in [1.29, 1.82) is 0 Å². The van der Waals surface area contributed by atoms with Crippen molar-refractivity contribution in [3.05, 3.63) is 52.8 Å². The van der Waals surface area contributed by atoms with E-state index in [-0.39, 0.29) is 6.04 Å². The van der Waals surface area contributed by atoms with E-state index in [0.717, 1.165) is 22.8 Å². The molecule has 0 aliphatic heterocycles. The number of methoxy groups -OCH3 is 2. The maximum atomic E-state index is 5.99. The van der Waals surface area contributed by atoms with E-state index in [1.54, 1.807) is 20.4 Å². The number of aromatic nitrogens is 1. The van der Waals surface area contributed by atoms with Crippen LogP contribution in [0.25, 0.3) is 0 Å². The summed E-state index contributed by atoms with van der Waals surface area (Å²) in [6.07, 6.45) is 1.76. The number of nitrogens with zero attached hydrogens (tertiary/aromatic N) is 1. The second-order valence-corrected chi connectivity index (χ2v) is 5.08. The maximum Gasteiger partial charge on any atom is 0.141 e. The molecule has 1 aromatic heterocycles. The number of ether oxygens (including phenoxy) is 2. The Balaban J connectivity index is 2.10. The summed E-state index contributed by atoms with van der Waals surface area (Å²) in [6.45, 7) is 2.68. The number of halogens is 1. The summed E-state index contributed by atoms with van der Waals surface area (Å²) in [6, 6.07) is 9.50. The van der Waals surface area contributed by atoms with Gasteiger partial charge in [0.1, 0.15) is 11.5 Å². The third kappa shape index (κ3) is 3.86. The van der Waals surface area contributed by atoms with Gasteiger partial charge >= 0.3 is 0 Å². The van der Waals surface area contributed by atoms with Crippen LogP contribution in [0.1, 0.15) is 24.2 Å². The van der Waals surface area contributed by atoms with Gasteiger partial charge in [-0.25, -0.2) is 0 Å². The predicted molar refractivity (Wildman–Crippen MR) is 84.0 cm³/mol.